The summed E-state index contributed by atoms with van der Waals surface area (Å²) in [5.41, 5.74) is 6.84. The first kappa shape index (κ1) is 8.12. The highest BCUT2D eigenvalue weighted by Gasteiger charge is 1.99. The number of nitrogens with zero attached hydrogens (tertiary/aromatic N) is 3. The van der Waals surface area contributed by atoms with Gasteiger partial charge in [0.25, 0.3) is 0 Å². The molecule has 0 saturated carbocycles. The Morgan fingerprint density at radius 2 is 2.23 bits per heavy atom. The Balaban J connectivity index is 2.97. The van der Waals surface area contributed by atoms with Gasteiger partial charge in [-0.05, 0) is 6.07 Å². The van der Waals surface area contributed by atoms with Crippen molar-refractivity contribution in [3.8, 4) is 0 Å². The van der Waals surface area contributed by atoms with Crippen LogP contribution in [0.5, 0.6) is 0 Å². The highest BCUT2D eigenvalue weighted by atomic mass is 32.1. The molecule has 2 N–H and O–H groups in total. The van der Waals surface area contributed by atoms with E-state index in [0.717, 1.165) is 5.39 Å². The zero-order valence-corrected chi connectivity index (χ0v) is 7.88. The van der Waals surface area contributed by atoms with Crippen molar-refractivity contribution in [2.24, 2.45) is 7.05 Å². The number of aromatic nitrogens is 3. The summed E-state index contributed by atoms with van der Waals surface area (Å²) in [5, 5.41) is 0.819. The molecule has 0 unspecified atom stereocenters. The van der Waals surface area contributed by atoms with Gasteiger partial charge < -0.3 is 10.3 Å². The number of aryl methyl sites for hydroxylation is 1. The summed E-state index contributed by atoms with van der Waals surface area (Å²) in [6.07, 6.45) is 3.22. The van der Waals surface area contributed by atoms with Gasteiger partial charge in [0.2, 0.25) is 0 Å². The van der Waals surface area contributed by atoms with Gasteiger partial charge in [-0.1, -0.05) is 12.2 Å². The van der Waals surface area contributed by atoms with Gasteiger partial charge in [-0.15, -0.1) is 0 Å². The lowest BCUT2D eigenvalue weighted by Crippen LogP contribution is -1.97. The van der Waals surface area contributed by atoms with E-state index in [4.69, 9.17) is 18.0 Å². The number of hydrogen-bond donors (Lipinski definition) is 1. The van der Waals surface area contributed by atoms with Gasteiger partial charge in [0.1, 0.15) is 4.64 Å². The second kappa shape index (κ2) is 2.77. The van der Waals surface area contributed by atoms with Gasteiger partial charge in [-0.2, -0.15) is 0 Å². The van der Waals surface area contributed by atoms with Gasteiger partial charge in [0.15, 0.2) is 5.65 Å². The largest absolute Gasteiger partial charge is 0.397 e. The standard InChI is InChI=1S/C8H8N4S/c1-12-4-11-7-6(8(12)13)2-5(9)3-10-7/h2-4H,9H2,1H3. The van der Waals surface area contributed by atoms with E-state index in [-0.39, 0.29) is 0 Å². The Morgan fingerprint density at radius 3 is 3.00 bits per heavy atom. The van der Waals surface area contributed by atoms with Crippen molar-refractivity contribution >= 4 is 28.9 Å². The minimum absolute atomic E-state index is 0.603. The van der Waals surface area contributed by atoms with Gasteiger partial charge in [-0.25, -0.2) is 9.97 Å². The quantitative estimate of drug-likeness (QED) is 0.639. The topological polar surface area (TPSA) is 56.7 Å². The van der Waals surface area contributed by atoms with Crippen LogP contribution < -0.4 is 5.73 Å². The average Bonchev–Trinajstić information content (AvgIpc) is 2.12. The molecule has 4 nitrogen and oxygen atoms in total. The first-order chi connectivity index (χ1) is 6.18. The molecule has 0 bridgehead atoms. The number of nitrogen functional groups attached to an aromatic ring is 1. The molecule has 0 fully saturated rings. The predicted molar refractivity (Wildman–Crippen MR) is 53.8 cm³/mol. The molecule has 0 radical (unpaired) electrons. The van der Waals surface area contributed by atoms with Crippen molar-refractivity contribution in [2.45, 2.75) is 0 Å². The SMILES string of the molecule is Cn1cnc2ncc(N)cc2c1=S. The number of nitrogens with two attached hydrogens (primary N) is 1. The fourth-order valence-corrected chi connectivity index (χ4v) is 1.32. The summed E-state index contributed by atoms with van der Waals surface area (Å²) in [5.74, 6) is 0. The van der Waals surface area contributed by atoms with E-state index < -0.39 is 0 Å². The van der Waals surface area contributed by atoms with Crippen LogP contribution in [0.1, 0.15) is 0 Å². The van der Waals surface area contributed by atoms with E-state index in [1.807, 2.05) is 7.05 Å². The first-order valence-electron chi connectivity index (χ1n) is 3.75. The van der Waals surface area contributed by atoms with E-state index >= 15 is 0 Å². The van der Waals surface area contributed by atoms with Crippen LogP contribution in [0.4, 0.5) is 5.69 Å². The molecule has 2 rings (SSSR count). The van der Waals surface area contributed by atoms with Crippen LogP contribution >= 0.6 is 12.2 Å². The third kappa shape index (κ3) is 1.27. The fourth-order valence-electron chi connectivity index (χ4n) is 1.12. The highest BCUT2D eigenvalue weighted by Crippen LogP contribution is 2.12. The van der Waals surface area contributed by atoms with Crippen LogP contribution in [-0.2, 0) is 7.05 Å². The molecular weight excluding hydrogens is 184 g/mol. The molecule has 0 spiro atoms. The third-order valence-corrected chi connectivity index (χ3v) is 2.30. The van der Waals surface area contributed by atoms with E-state index in [1.165, 1.54) is 0 Å². The normalized spacial score (nSPS) is 10.5. The molecule has 0 amide bonds. The Kier molecular flexibility index (Phi) is 1.73. The molecule has 0 aliphatic rings. The maximum Gasteiger partial charge on any atom is 0.163 e. The average molecular weight is 192 g/mol. The monoisotopic (exact) mass is 192 g/mol. The minimum Gasteiger partial charge on any atom is -0.397 e. The molecule has 2 aromatic heterocycles. The Bertz CT molecular complexity index is 512. The zero-order chi connectivity index (χ0) is 9.42. The maximum absolute atomic E-state index is 5.60. The summed E-state index contributed by atoms with van der Waals surface area (Å²) >= 11 is 5.18. The lowest BCUT2D eigenvalue weighted by Gasteiger charge is -2.01. The molecule has 5 heteroatoms. The molecule has 0 aliphatic heterocycles. The fraction of sp³-hybridized carbons (Fsp3) is 0.125. The predicted octanol–water partition coefficient (Wildman–Crippen LogP) is 1.28. The second-order valence-electron chi connectivity index (χ2n) is 2.80. The van der Waals surface area contributed by atoms with Gasteiger partial charge in [0, 0.05) is 7.05 Å². The highest BCUT2D eigenvalue weighted by molar-refractivity contribution is 7.71. The summed E-state index contributed by atoms with van der Waals surface area (Å²) in [6, 6.07) is 1.79. The molecule has 2 aromatic rings. The van der Waals surface area contributed by atoms with Crippen LogP contribution in [0.2, 0.25) is 0 Å². The molecule has 0 saturated heterocycles. The Morgan fingerprint density at radius 1 is 1.46 bits per heavy atom. The Hall–Kier alpha value is -1.49. The van der Waals surface area contributed by atoms with Crippen LogP contribution in [0.3, 0.4) is 0 Å². The molecule has 0 aliphatic carbocycles. The number of anilines is 1. The van der Waals surface area contributed by atoms with Crippen LogP contribution in [0, 0.1) is 4.64 Å². The molecule has 0 aromatic carbocycles. The van der Waals surface area contributed by atoms with Gasteiger partial charge in [0.05, 0.1) is 23.6 Å². The van der Waals surface area contributed by atoms with E-state index in [1.54, 1.807) is 23.2 Å². The van der Waals surface area contributed by atoms with E-state index in [0.29, 0.717) is 16.0 Å². The van der Waals surface area contributed by atoms with Gasteiger partial charge in [-0.3, -0.25) is 0 Å². The summed E-state index contributed by atoms with van der Waals surface area (Å²) in [4.78, 5) is 8.18. The van der Waals surface area contributed by atoms with E-state index in [2.05, 4.69) is 9.97 Å². The minimum atomic E-state index is 0.603. The number of pyridine rings is 1. The maximum atomic E-state index is 5.60. The van der Waals surface area contributed by atoms with Crippen molar-refractivity contribution in [1.29, 1.82) is 0 Å². The van der Waals surface area contributed by atoms with Crippen molar-refractivity contribution in [3.63, 3.8) is 0 Å². The van der Waals surface area contributed by atoms with Gasteiger partial charge >= 0.3 is 0 Å². The zero-order valence-electron chi connectivity index (χ0n) is 7.06. The van der Waals surface area contributed by atoms with Crippen LogP contribution in [0.15, 0.2) is 18.6 Å². The van der Waals surface area contributed by atoms with Crippen molar-refractivity contribution in [1.82, 2.24) is 14.5 Å². The summed E-state index contributed by atoms with van der Waals surface area (Å²) in [7, 11) is 1.85. The number of hydrogen-bond acceptors (Lipinski definition) is 4. The number of rotatable bonds is 0. The third-order valence-electron chi connectivity index (χ3n) is 1.79. The summed E-state index contributed by atoms with van der Waals surface area (Å²) < 4.78 is 2.46. The van der Waals surface area contributed by atoms with E-state index in [9.17, 15) is 0 Å². The van der Waals surface area contributed by atoms with Crippen molar-refractivity contribution < 1.29 is 0 Å². The molecule has 0 atom stereocenters. The van der Waals surface area contributed by atoms with Crippen molar-refractivity contribution in [2.75, 3.05) is 5.73 Å². The smallest absolute Gasteiger partial charge is 0.163 e. The number of fused-ring (bicyclic) bond motifs is 1. The molecule has 13 heavy (non-hydrogen) atoms. The first-order valence-corrected chi connectivity index (χ1v) is 4.16. The molecular formula is C8H8N4S. The molecule has 2 heterocycles. The second-order valence-corrected chi connectivity index (χ2v) is 3.19. The van der Waals surface area contributed by atoms with Crippen molar-refractivity contribution in [3.05, 3.63) is 23.2 Å². The van der Waals surface area contributed by atoms with Crippen LogP contribution in [0.25, 0.3) is 11.0 Å². The molecule has 66 valence electrons. The Labute approximate surface area is 80.0 Å². The lowest BCUT2D eigenvalue weighted by atomic mass is 10.3. The van der Waals surface area contributed by atoms with Crippen LogP contribution in [-0.4, -0.2) is 14.5 Å². The lowest BCUT2D eigenvalue weighted by molar-refractivity contribution is 0.863. The summed E-state index contributed by atoms with van der Waals surface area (Å²) in [6.45, 7) is 0.